The fraction of sp³-hybridized carbons (Fsp3) is 0.500. The van der Waals surface area contributed by atoms with Gasteiger partial charge in [-0.25, -0.2) is 4.79 Å². The molecule has 92 valence electrons. The van der Waals surface area contributed by atoms with Crippen LogP contribution in [0.5, 0.6) is 0 Å². The lowest BCUT2D eigenvalue weighted by Gasteiger charge is -2.28. The van der Waals surface area contributed by atoms with Gasteiger partial charge in [-0.2, -0.15) is 0 Å². The zero-order valence-corrected chi connectivity index (χ0v) is 10.5. The molecule has 0 saturated heterocycles. The van der Waals surface area contributed by atoms with Crippen LogP contribution in [0.25, 0.3) is 0 Å². The Morgan fingerprint density at radius 1 is 1.47 bits per heavy atom. The highest BCUT2D eigenvalue weighted by molar-refractivity contribution is 5.81. The van der Waals surface area contributed by atoms with E-state index in [1.807, 2.05) is 31.2 Å². The van der Waals surface area contributed by atoms with Gasteiger partial charge in [0.15, 0.2) is 0 Å². The van der Waals surface area contributed by atoms with E-state index >= 15 is 0 Å². The number of rotatable bonds is 4. The highest BCUT2D eigenvalue weighted by Gasteiger charge is 2.44. The Kier molecular flexibility index (Phi) is 2.96. The summed E-state index contributed by atoms with van der Waals surface area (Å²) in [4.78, 5) is 11.6. The summed E-state index contributed by atoms with van der Waals surface area (Å²) in [6.07, 6.45) is 1.06. The zero-order chi connectivity index (χ0) is 12.6. The molecule has 0 radical (unpaired) electrons. The highest BCUT2D eigenvalue weighted by Crippen LogP contribution is 2.35. The summed E-state index contributed by atoms with van der Waals surface area (Å²) < 4.78 is 0. The number of aryl methyl sites for hydroxylation is 1. The molecule has 2 rings (SSSR count). The third-order valence-corrected chi connectivity index (χ3v) is 3.70. The van der Waals surface area contributed by atoms with E-state index in [2.05, 4.69) is 12.2 Å². The topological polar surface area (TPSA) is 49.3 Å². The lowest BCUT2D eigenvalue weighted by molar-refractivity contribution is -0.144. The first-order valence-corrected chi connectivity index (χ1v) is 6.02. The van der Waals surface area contributed by atoms with Crippen LogP contribution in [-0.4, -0.2) is 17.1 Å². The first-order chi connectivity index (χ1) is 7.95. The third-order valence-electron chi connectivity index (χ3n) is 3.70. The zero-order valence-electron chi connectivity index (χ0n) is 10.5. The second kappa shape index (κ2) is 4.15. The minimum Gasteiger partial charge on any atom is -0.480 e. The lowest BCUT2D eigenvalue weighted by Crippen LogP contribution is -2.48. The Morgan fingerprint density at radius 2 is 2.06 bits per heavy atom. The second-order valence-corrected chi connectivity index (χ2v) is 5.21. The standard InChI is InChI=1S/C14H19NO2/c1-9-6-4-5-7-11(9)14(3,13(16)17)15-12-8-10(12)2/h4-7,10,12,15H,8H2,1-3H3,(H,16,17). The molecule has 0 aliphatic heterocycles. The first kappa shape index (κ1) is 12.1. The number of nitrogens with one attached hydrogen (secondary N) is 1. The van der Waals surface area contributed by atoms with E-state index < -0.39 is 11.5 Å². The molecule has 0 amide bonds. The van der Waals surface area contributed by atoms with Crippen LogP contribution in [0.4, 0.5) is 0 Å². The molecule has 1 fully saturated rings. The van der Waals surface area contributed by atoms with Crippen LogP contribution in [0.3, 0.4) is 0 Å². The fourth-order valence-electron chi connectivity index (χ4n) is 2.28. The highest BCUT2D eigenvalue weighted by atomic mass is 16.4. The Hall–Kier alpha value is -1.35. The summed E-state index contributed by atoms with van der Waals surface area (Å²) in [6.45, 7) is 5.84. The van der Waals surface area contributed by atoms with Crippen molar-refractivity contribution >= 4 is 5.97 Å². The minimum absolute atomic E-state index is 0.329. The van der Waals surface area contributed by atoms with Gasteiger partial charge in [-0.3, -0.25) is 5.32 Å². The van der Waals surface area contributed by atoms with Crippen molar-refractivity contribution in [2.75, 3.05) is 0 Å². The van der Waals surface area contributed by atoms with E-state index in [-0.39, 0.29) is 0 Å². The number of benzene rings is 1. The molecule has 3 nitrogen and oxygen atoms in total. The molecule has 3 heteroatoms. The molecule has 1 aliphatic rings. The van der Waals surface area contributed by atoms with Crippen molar-refractivity contribution < 1.29 is 9.90 Å². The molecule has 1 aliphatic carbocycles. The molecule has 3 unspecified atom stereocenters. The molecule has 0 aromatic heterocycles. The van der Waals surface area contributed by atoms with E-state index in [0.717, 1.165) is 17.5 Å². The molecule has 0 spiro atoms. The second-order valence-electron chi connectivity index (χ2n) is 5.21. The van der Waals surface area contributed by atoms with Crippen LogP contribution in [0, 0.1) is 12.8 Å². The Morgan fingerprint density at radius 3 is 2.53 bits per heavy atom. The van der Waals surface area contributed by atoms with Gasteiger partial charge in [0, 0.05) is 6.04 Å². The molecular formula is C14H19NO2. The van der Waals surface area contributed by atoms with Crippen LogP contribution < -0.4 is 5.32 Å². The van der Waals surface area contributed by atoms with Crippen LogP contribution in [0.1, 0.15) is 31.4 Å². The molecular weight excluding hydrogens is 214 g/mol. The van der Waals surface area contributed by atoms with E-state index in [0.29, 0.717) is 12.0 Å². The van der Waals surface area contributed by atoms with Gasteiger partial charge in [0.05, 0.1) is 0 Å². The number of hydrogen-bond donors (Lipinski definition) is 2. The van der Waals surface area contributed by atoms with Gasteiger partial charge in [-0.1, -0.05) is 31.2 Å². The van der Waals surface area contributed by atoms with Gasteiger partial charge >= 0.3 is 5.97 Å². The number of hydrogen-bond acceptors (Lipinski definition) is 2. The summed E-state index contributed by atoms with van der Waals surface area (Å²) >= 11 is 0. The minimum atomic E-state index is -0.985. The van der Waals surface area contributed by atoms with Gasteiger partial charge in [-0.05, 0) is 37.3 Å². The first-order valence-electron chi connectivity index (χ1n) is 6.02. The van der Waals surface area contributed by atoms with Crippen LogP contribution >= 0.6 is 0 Å². The summed E-state index contributed by atoms with van der Waals surface area (Å²) in [7, 11) is 0. The van der Waals surface area contributed by atoms with Crippen LogP contribution in [0.2, 0.25) is 0 Å². The summed E-state index contributed by atoms with van der Waals surface area (Å²) in [5.41, 5.74) is 0.880. The van der Waals surface area contributed by atoms with Gasteiger partial charge in [0.25, 0.3) is 0 Å². The van der Waals surface area contributed by atoms with E-state index in [1.54, 1.807) is 6.92 Å². The van der Waals surface area contributed by atoms with Crippen molar-refractivity contribution in [3.63, 3.8) is 0 Å². The van der Waals surface area contributed by atoms with Gasteiger partial charge < -0.3 is 5.11 Å². The molecule has 1 saturated carbocycles. The van der Waals surface area contributed by atoms with Gasteiger partial charge in [0.1, 0.15) is 5.54 Å². The van der Waals surface area contributed by atoms with Crippen molar-refractivity contribution in [1.29, 1.82) is 0 Å². The van der Waals surface area contributed by atoms with Crippen molar-refractivity contribution in [2.24, 2.45) is 5.92 Å². The van der Waals surface area contributed by atoms with Crippen molar-refractivity contribution in [1.82, 2.24) is 5.32 Å². The molecule has 0 bridgehead atoms. The average Bonchev–Trinajstić information content (AvgIpc) is 2.94. The van der Waals surface area contributed by atoms with Crippen molar-refractivity contribution in [3.05, 3.63) is 35.4 Å². The quantitative estimate of drug-likeness (QED) is 0.839. The normalized spacial score (nSPS) is 26.3. The molecule has 3 atom stereocenters. The monoisotopic (exact) mass is 233 g/mol. The summed E-state index contributed by atoms with van der Waals surface area (Å²) in [5, 5.41) is 12.8. The van der Waals surface area contributed by atoms with Crippen LogP contribution in [-0.2, 0) is 10.3 Å². The summed E-state index contributed by atoms with van der Waals surface area (Å²) in [5.74, 6) is -0.233. The lowest BCUT2D eigenvalue weighted by atomic mass is 9.88. The van der Waals surface area contributed by atoms with Crippen LogP contribution in [0.15, 0.2) is 24.3 Å². The summed E-state index contributed by atoms with van der Waals surface area (Å²) in [6, 6.07) is 8.00. The largest absolute Gasteiger partial charge is 0.480 e. The number of carboxylic acid groups (broad SMARTS) is 1. The number of aliphatic carboxylic acids is 1. The van der Waals surface area contributed by atoms with Crippen molar-refractivity contribution in [3.8, 4) is 0 Å². The fourth-order valence-corrected chi connectivity index (χ4v) is 2.28. The van der Waals surface area contributed by atoms with E-state index in [1.165, 1.54) is 0 Å². The maximum Gasteiger partial charge on any atom is 0.328 e. The van der Waals surface area contributed by atoms with Gasteiger partial charge in [-0.15, -0.1) is 0 Å². The smallest absolute Gasteiger partial charge is 0.328 e. The Balaban J connectivity index is 2.34. The average molecular weight is 233 g/mol. The Bertz CT molecular complexity index is 444. The predicted octanol–water partition coefficient (Wildman–Crippen LogP) is 2.29. The molecule has 2 N–H and O–H groups in total. The van der Waals surface area contributed by atoms with E-state index in [9.17, 15) is 9.90 Å². The molecule has 17 heavy (non-hydrogen) atoms. The number of carboxylic acids is 1. The Labute approximate surface area is 102 Å². The predicted molar refractivity (Wildman–Crippen MR) is 66.9 cm³/mol. The van der Waals surface area contributed by atoms with Gasteiger partial charge in [0.2, 0.25) is 0 Å². The molecule has 1 aromatic carbocycles. The maximum absolute atomic E-state index is 11.6. The number of carbonyl (C=O) groups is 1. The van der Waals surface area contributed by atoms with Crippen molar-refractivity contribution in [2.45, 2.75) is 38.8 Å². The SMILES string of the molecule is Cc1ccccc1C(C)(NC1CC1C)C(=O)O. The molecule has 1 aromatic rings. The third kappa shape index (κ3) is 2.20. The molecule has 0 heterocycles. The maximum atomic E-state index is 11.6. The van der Waals surface area contributed by atoms with E-state index in [4.69, 9.17) is 0 Å².